The van der Waals surface area contributed by atoms with E-state index in [0.29, 0.717) is 12.1 Å². The molecule has 5 nitrogen and oxygen atoms in total. The normalized spacial score (nSPS) is 23.2. The van der Waals surface area contributed by atoms with Gasteiger partial charge in [-0.05, 0) is 51.0 Å². The first-order valence-corrected chi connectivity index (χ1v) is 7.99. The van der Waals surface area contributed by atoms with Gasteiger partial charge in [0.25, 0.3) is 0 Å². The van der Waals surface area contributed by atoms with Gasteiger partial charge in [0.05, 0.1) is 4.90 Å². The molecular formula is C13H21N3O2S. The zero-order chi connectivity index (χ0) is 14.0. The van der Waals surface area contributed by atoms with Gasteiger partial charge in [-0.15, -0.1) is 0 Å². The highest BCUT2D eigenvalue weighted by Gasteiger charge is 2.25. The molecule has 0 heterocycles. The van der Waals surface area contributed by atoms with E-state index in [1.165, 1.54) is 0 Å². The molecule has 0 spiro atoms. The highest BCUT2D eigenvalue weighted by Crippen LogP contribution is 2.23. The predicted molar refractivity (Wildman–Crippen MR) is 76.5 cm³/mol. The topological polar surface area (TPSA) is 84.2 Å². The molecule has 0 saturated heterocycles. The fourth-order valence-electron chi connectivity index (χ4n) is 2.12. The van der Waals surface area contributed by atoms with Gasteiger partial charge in [0.15, 0.2) is 0 Å². The van der Waals surface area contributed by atoms with E-state index < -0.39 is 10.0 Å². The lowest BCUT2D eigenvalue weighted by molar-refractivity contribution is 0.373. The third-order valence-electron chi connectivity index (χ3n) is 3.10. The molecule has 0 unspecified atom stereocenters. The van der Waals surface area contributed by atoms with Gasteiger partial charge in [-0.2, -0.15) is 0 Å². The summed E-state index contributed by atoms with van der Waals surface area (Å²) in [6.45, 7) is 3.60. The maximum absolute atomic E-state index is 11.9. The highest BCUT2D eigenvalue weighted by molar-refractivity contribution is 7.89. The van der Waals surface area contributed by atoms with Gasteiger partial charge in [-0.25, -0.2) is 13.1 Å². The Morgan fingerprint density at radius 3 is 2.26 bits per heavy atom. The van der Waals surface area contributed by atoms with Crippen LogP contribution in [-0.4, -0.2) is 26.5 Å². The van der Waals surface area contributed by atoms with Gasteiger partial charge in [-0.3, -0.25) is 0 Å². The minimum Gasteiger partial charge on any atom is -0.382 e. The molecule has 0 aliphatic heterocycles. The van der Waals surface area contributed by atoms with Crippen LogP contribution in [0.2, 0.25) is 0 Å². The third-order valence-corrected chi connectivity index (χ3v) is 4.78. The van der Waals surface area contributed by atoms with Gasteiger partial charge in [0.2, 0.25) is 10.0 Å². The van der Waals surface area contributed by atoms with E-state index in [2.05, 4.69) is 10.0 Å². The quantitative estimate of drug-likeness (QED) is 0.760. The van der Waals surface area contributed by atoms with Gasteiger partial charge >= 0.3 is 0 Å². The summed E-state index contributed by atoms with van der Waals surface area (Å²) in [6, 6.07) is 7.41. The lowest BCUT2D eigenvalue weighted by atomic mass is 9.87. The summed E-state index contributed by atoms with van der Waals surface area (Å²) in [5, 5.41) is 3.33. The average molecular weight is 283 g/mol. The van der Waals surface area contributed by atoms with Crippen LogP contribution in [0.4, 0.5) is 5.69 Å². The van der Waals surface area contributed by atoms with E-state index in [9.17, 15) is 8.42 Å². The lowest BCUT2D eigenvalue weighted by Gasteiger charge is -2.33. The summed E-state index contributed by atoms with van der Waals surface area (Å²) < 4.78 is 26.4. The first-order chi connectivity index (χ1) is 8.87. The van der Waals surface area contributed by atoms with E-state index in [1.54, 1.807) is 38.1 Å². The van der Waals surface area contributed by atoms with Crippen molar-refractivity contribution in [2.75, 3.05) is 5.32 Å². The van der Waals surface area contributed by atoms with Crippen LogP contribution < -0.4 is 15.8 Å². The predicted octanol–water partition coefficient (Wildman–Crippen LogP) is 1.27. The van der Waals surface area contributed by atoms with Crippen molar-refractivity contribution in [3.8, 4) is 0 Å². The molecule has 6 heteroatoms. The second-order valence-corrected chi connectivity index (χ2v) is 7.09. The third kappa shape index (κ3) is 3.68. The van der Waals surface area contributed by atoms with E-state index in [-0.39, 0.29) is 10.9 Å². The summed E-state index contributed by atoms with van der Waals surface area (Å²) in [4.78, 5) is 0.289. The van der Waals surface area contributed by atoms with E-state index in [0.717, 1.165) is 18.5 Å². The molecule has 0 atom stereocenters. The van der Waals surface area contributed by atoms with Gasteiger partial charge in [0, 0.05) is 23.8 Å². The SMILES string of the molecule is CC(C)NS(=O)(=O)c1ccc(NC2CC(N)C2)cc1. The Balaban J connectivity index is 2.02. The lowest BCUT2D eigenvalue weighted by Crippen LogP contribution is -2.44. The Kier molecular flexibility index (Phi) is 4.13. The molecule has 1 saturated carbocycles. The van der Waals surface area contributed by atoms with Crippen molar-refractivity contribution < 1.29 is 8.42 Å². The van der Waals surface area contributed by atoms with Crippen LogP contribution in [-0.2, 0) is 10.0 Å². The summed E-state index contributed by atoms with van der Waals surface area (Å²) in [7, 11) is -3.40. The molecule has 2 rings (SSSR count). The van der Waals surface area contributed by atoms with Crippen LogP contribution in [0.25, 0.3) is 0 Å². The van der Waals surface area contributed by atoms with Crippen LogP contribution in [0, 0.1) is 0 Å². The molecule has 1 aromatic carbocycles. The fourth-order valence-corrected chi connectivity index (χ4v) is 3.38. The Bertz CT molecular complexity index is 519. The molecule has 0 aromatic heterocycles. The first kappa shape index (κ1) is 14.3. The minimum absolute atomic E-state index is 0.112. The van der Waals surface area contributed by atoms with Crippen LogP contribution in [0.3, 0.4) is 0 Å². The number of anilines is 1. The van der Waals surface area contributed by atoms with Crippen molar-refractivity contribution in [1.29, 1.82) is 0 Å². The number of sulfonamides is 1. The second kappa shape index (κ2) is 5.48. The number of hydrogen-bond donors (Lipinski definition) is 3. The Hall–Kier alpha value is -1.11. The number of rotatable bonds is 5. The number of nitrogens with two attached hydrogens (primary N) is 1. The van der Waals surface area contributed by atoms with Crippen molar-refractivity contribution in [1.82, 2.24) is 4.72 Å². The largest absolute Gasteiger partial charge is 0.382 e. The maximum atomic E-state index is 11.9. The van der Waals surface area contributed by atoms with Crippen molar-refractivity contribution in [3.05, 3.63) is 24.3 Å². The molecular weight excluding hydrogens is 262 g/mol. The van der Waals surface area contributed by atoms with Gasteiger partial charge in [0.1, 0.15) is 0 Å². The molecule has 0 bridgehead atoms. The molecule has 0 amide bonds. The average Bonchev–Trinajstić information content (AvgIpc) is 2.26. The standard InChI is InChI=1S/C13H21N3O2S/c1-9(2)16-19(17,18)13-5-3-11(4-6-13)15-12-7-10(14)8-12/h3-6,9-10,12,15-16H,7-8,14H2,1-2H3. The first-order valence-electron chi connectivity index (χ1n) is 6.51. The molecule has 19 heavy (non-hydrogen) atoms. The minimum atomic E-state index is -3.40. The molecule has 1 aliphatic rings. The van der Waals surface area contributed by atoms with Crippen molar-refractivity contribution in [2.45, 2.75) is 49.7 Å². The number of hydrogen-bond acceptors (Lipinski definition) is 4. The summed E-state index contributed by atoms with van der Waals surface area (Å²) in [6.07, 6.45) is 1.93. The van der Waals surface area contributed by atoms with Crippen LogP contribution in [0.15, 0.2) is 29.2 Å². The number of benzene rings is 1. The Labute approximate surface area is 114 Å². The van der Waals surface area contributed by atoms with Gasteiger partial charge in [-0.1, -0.05) is 0 Å². The smallest absolute Gasteiger partial charge is 0.240 e. The van der Waals surface area contributed by atoms with Crippen molar-refractivity contribution in [3.63, 3.8) is 0 Å². The highest BCUT2D eigenvalue weighted by atomic mass is 32.2. The molecule has 106 valence electrons. The summed E-state index contributed by atoms with van der Waals surface area (Å²) >= 11 is 0. The zero-order valence-electron chi connectivity index (χ0n) is 11.3. The Morgan fingerprint density at radius 2 is 1.79 bits per heavy atom. The van der Waals surface area contributed by atoms with Crippen LogP contribution in [0.1, 0.15) is 26.7 Å². The zero-order valence-corrected chi connectivity index (χ0v) is 12.1. The molecule has 4 N–H and O–H groups in total. The van der Waals surface area contributed by atoms with E-state index >= 15 is 0 Å². The second-order valence-electron chi connectivity index (χ2n) is 5.37. The molecule has 0 radical (unpaired) electrons. The number of nitrogens with one attached hydrogen (secondary N) is 2. The van der Waals surface area contributed by atoms with Crippen LogP contribution in [0.5, 0.6) is 0 Å². The molecule has 1 aromatic rings. The van der Waals surface area contributed by atoms with Crippen molar-refractivity contribution >= 4 is 15.7 Å². The molecule has 1 aliphatic carbocycles. The van der Waals surface area contributed by atoms with Crippen LogP contribution >= 0.6 is 0 Å². The Morgan fingerprint density at radius 1 is 1.21 bits per heavy atom. The van der Waals surface area contributed by atoms with Crippen molar-refractivity contribution in [2.24, 2.45) is 5.73 Å². The van der Waals surface area contributed by atoms with E-state index in [1.807, 2.05) is 0 Å². The monoisotopic (exact) mass is 283 g/mol. The fraction of sp³-hybridized carbons (Fsp3) is 0.538. The summed E-state index contributed by atoms with van der Waals surface area (Å²) in [5.74, 6) is 0. The van der Waals surface area contributed by atoms with Gasteiger partial charge < -0.3 is 11.1 Å². The maximum Gasteiger partial charge on any atom is 0.240 e. The summed E-state index contributed by atoms with van der Waals surface area (Å²) in [5.41, 5.74) is 6.65. The van der Waals surface area contributed by atoms with E-state index in [4.69, 9.17) is 5.73 Å². The molecule has 1 fully saturated rings.